The van der Waals surface area contributed by atoms with E-state index in [1.165, 1.54) is 19.9 Å². The Morgan fingerprint density at radius 2 is 2.03 bits per heavy atom. The fraction of sp³-hybridized carbons (Fsp3) is 0.304. The fourth-order valence-electron chi connectivity index (χ4n) is 3.87. The van der Waals surface area contributed by atoms with E-state index >= 15 is 0 Å². The van der Waals surface area contributed by atoms with E-state index in [9.17, 15) is 18.4 Å². The van der Waals surface area contributed by atoms with Gasteiger partial charge in [0.2, 0.25) is 0 Å². The third kappa shape index (κ3) is 4.66. The van der Waals surface area contributed by atoms with Crippen molar-refractivity contribution in [2.45, 2.75) is 24.8 Å². The van der Waals surface area contributed by atoms with Crippen molar-refractivity contribution in [3.05, 3.63) is 63.7 Å². The summed E-state index contributed by atoms with van der Waals surface area (Å²) in [6.07, 6.45) is 4.13. The minimum atomic E-state index is -2.92. The monoisotopic (exact) mass is 514 g/mol. The number of nitrogens with zero attached hydrogens (tertiary/aromatic N) is 4. The second-order valence-corrected chi connectivity index (χ2v) is 9.77. The molecular weight excluding hydrogens is 494 g/mol. The van der Waals surface area contributed by atoms with Crippen LogP contribution in [-0.4, -0.2) is 47.9 Å². The number of fused-ring (bicyclic) bond motifs is 2. The van der Waals surface area contributed by atoms with Crippen LogP contribution in [0.15, 0.2) is 47.4 Å². The Balaban J connectivity index is 1.56. The zero-order valence-electron chi connectivity index (χ0n) is 18.6. The van der Waals surface area contributed by atoms with Crippen LogP contribution in [0.1, 0.15) is 23.9 Å². The summed E-state index contributed by atoms with van der Waals surface area (Å²) in [5, 5.41) is 11.3. The number of rotatable bonds is 8. The lowest BCUT2D eigenvalue weighted by atomic mass is 10.1. The molecule has 182 valence electrons. The highest BCUT2D eigenvalue weighted by molar-refractivity contribution is 7.80. The Morgan fingerprint density at radius 1 is 1.29 bits per heavy atom. The van der Waals surface area contributed by atoms with Crippen LogP contribution < -0.4 is 15.6 Å². The third-order valence-corrected chi connectivity index (χ3v) is 6.94. The van der Waals surface area contributed by atoms with Gasteiger partial charge in [0, 0.05) is 24.0 Å². The zero-order valence-corrected chi connectivity index (χ0v) is 20.2. The van der Waals surface area contributed by atoms with E-state index in [0.29, 0.717) is 44.6 Å². The predicted octanol–water partition coefficient (Wildman–Crippen LogP) is 2.36. The highest BCUT2D eigenvalue weighted by Gasteiger charge is 2.25. The molecular formula is C23H21ClN5O5S-. The van der Waals surface area contributed by atoms with Crippen molar-refractivity contribution in [2.75, 3.05) is 13.7 Å². The standard InChI is InChI=1S/C23H22ClN5O5S/c1-25-21(30)23(35(32)33)29-22(31)16-5-3-2-4-15(16)19(27-29)11-28-10-14-8-20(34-12-13-6-7-13)17(24)9-18(14)26-28/h2-5,8-10,13,23H,6-7,11-12H2,1H3,(H,25,30)(H,32,33)/p-1. The summed E-state index contributed by atoms with van der Waals surface area (Å²) in [6, 6.07) is 10.3. The van der Waals surface area contributed by atoms with E-state index in [2.05, 4.69) is 15.5 Å². The molecule has 0 radical (unpaired) electrons. The van der Waals surface area contributed by atoms with Crippen molar-refractivity contribution in [3.8, 4) is 5.75 Å². The Morgan fingerprint density at radius 3 is 2.71 bits per heavy atom. The number of aromatic nitrogens is 4. The lowest BCUT2D eigenvalue weighted by Gasteiger charge is -2.21. The maximum atomic E-state index is 13.0. The first-order chi connectivity index (χ1) is 16.9. The van der Waals surface area contributed by atoms with Crippen molar-refractivity contribution in [3.63, 3.8) is 0 Å². The molecule has 4 aromatic rings. The van der Waals surface area contributed by atoms with Crippen molar-refractivity contribution < 1.29 is 18.3 Å². The lowest BCUT2D eigenvalue weighted by Crippen LogP contribution is -2.40. The quantitative estimate of drug-likeness (QED) is 0.357. The summed E-state index contributed by atoms with van der Waals surface area (Å²) in [5.41, 5.74) is 0.343. The summed E-state index contributed by atoms with van der Waals surface area (Å²) >= 11 is 3.46. The maximum absolute atomic E-state index is 13.0. The second kappa shape index (κ2) is 9.40. The molecule has 10 nitrogen and oxygen atoms in total. The van der Waals surface area contributed by atoms with Gasteiger partial charge in [0.1, 0.15) is 5.75 Å². The molecule has 2 atom stereocenters. The number of ether oxygens (including phenoxy) is 1. The van der Waals surface area contributed by atoms with Crippen molar-refractivity contribution >= 4 is 50.3 Å². The van der Waals surface area contributed by atoms with Crippen molar-refractivity contribution in [1.82, 2.24) is 24.9 Å². The molecule has 0 bridgehead atoms. The number of likely N-dealkylation sites (N-methyl/N-ethyl adjacent to an activating group) is 1. The van der Waals surface area contributed by atoms with E-state index in [4.69, 9.17) is 16.3 Å². The van der Waals surface area contributed by atoms with Crippen LogP contribution in [0, 0.1) is 5.92 Å². The Kier molecular flexibility index (Phi) is 6.30. The average molecular weight is 515 g/mol. The molecule has 0 aliphatic heterocycles. The Hall–Kier alpha value is -3.28. The van der Waals surface area contributed by atoms with Crippen molar-refractivity contribution in [2.24, 2.45) is 5.92 Å². The smallest absolute Gasteiger partial charge is 0.276 e. The molecule has 0 spiro atoms. The van der Waals surface area contributed by atoms with Gasteiger partial charge in [-0.25, -0.2) is 4.68 Å². The Bertz CT molecular complexity index is 1530. The summed E-state index contributed by atoms with van der Waals surface area (Å²) < 4.78 is 31.8. The van der Waals surface area contributed by atoms with Crippen LogP contribution in [0.4, 0.5) is 0 Å². The van der Waals surface area contributed by atoms with Crippen LogP contribution in [0.3, 0.4) is 0 Å². The molecule has 2 aromatic heterocycles. The zero-order chi connectivity index (χ0) is 24.7. The topological polar surface area (TPSA) is 131 Å². The van der Waals surface area contributed by atoms with Gasteiger partial charge >= 0.3 is 0 Å². The van der Waals surface area contributed by atoms with Gasteiger partial charge < -0.3 is 14.6 Å². The number of amides is 1. The number of carbonyl (C=O) groups is 1. The van der Waals surface area contributed by atoms with Gasteiger partial charge in [-0.2, -0.15) is 10.2 Å². The number of halogens is 1. The molecule has 1 N–H and O–H groups in total. The van der Waals surface area contributed by atoms with Crippen LogP contribution in [0.5, 0.6) is 5.75 Å². The fourth-order valence-corrected chi connectivity index (χ4v) is 4.68. The maximum Gasteiger partial charge on any atom is 0.276 e. The average Bonchev–Trinajstić information content (AvgIpc) is 3.59. The summed E-state index contributed by atoms with van der Waals surface area (Å²) in [4.78, 5) is 25.3. The van der Waals surface area contributed by atoms with Gasteiger partial charge in [0.15, 0.2) is 5.37 Å². The van der Waals surface area contributed by atoms with Gasteiger partial charge in [0.05, 0.1) is 34.8 Å². The molecule has 1 aliphatic rings. The van der Waals surface area contributed by atoms with Crippen molar-refractivity contribution in [1.29, 1.82) is 0 Å². The number of hydrogen-bond donors (Lipinski definition) is 1. The van der Waals surface area contributed by atoms with Gasteiger partial charge in [-0.1, -0.05) is 29.8 Å². The summed E-state index contributed by atoms with van der Waals surface area (Å²) in [7, 11) is 1.29. The number of nitrogens with one attached hydrogen (secondary N) is 1. The molecule has 2 aromatic carbocycles. The second-order valence-electron chi connectivity index (χ2n) is 8.39. The predicted molar refractivity (Wildman–Crippen MR) is 130 cm³/mol. The van der Waals surface area contributed by atoms with E-state index in [0.717, 1.165) is 5.39 Å². The first-order valence-corrected chi connectivity index (χ1v) is 12.5. The Labute approximate surface area is 207 Å². The molecule has 12 heteroatoms. The van der Waals surface area contributed by atoms with E-state index in [-0.39, 0.29) is 11.9 Å². The molecule has 1 fully saturated rings. The third-order valence-electron chi connectivity index (χ3n) is 5.87. The van der Waals surface area contributed by atoms with Gasteiger partial charge in [-0.15, -0.1) is 0 Å². The number of hydrogen-bond acceptors (Lipinski definition) is 7. The van der Waals surface area contributed by atoms with Crippen LogP contribution in [0.2, 0.25) is 5.02 Å². The van der Waals surface area contributed by atoms with E-state index in [1.54, 1.807) is 41.2 Å². The van der Waals surface area contributed by atoms with E-state index in [1.807, 2.05) is 6.07 Å². The lowest BCUT2D eigenvalue weighted by molar-refractivity contribution is -0.121. The molecule has 0 saturated heterocycles. The first kappa shape index (κ1) is 23.5. The van der Waals surface area contributed by atoms with E-state index < -0.39 is 27.9 Å². The molecule has 1 saturated carbocycles. The van der Waals surface area contributed by atoms with Crippen LogP contribution in [0.25, 0.3) is 21.7 Å². The molecule has 1 amide bonds. The molecule has 2 unspecified atom stereocenters. The summed E-state index contributed by atoms with van der Waals surface area (Å²) in [5.74, 6) is 0.308. The van der Waals surface area contributed by atoms with Gasteiger partial charge in [0.25, 0.3) is 11.5 Å². The largest absolute Gasteiger partial charge is 0.770 e. The highest BCUT2D eigenvalue weighted by Crippen LogP contribution is 2.34. The highest BCUT2D eigenvalue weighted by atomic mass is 35.5. The SMILES string of the molecule is CNC(=O)C(n1nc(Cn2cc3cc(OCC4CC4)c(Cl)cc3n2)c2ccccc2c1=O)S(=O)[O-]. The normalized spacial score (nSPS) is 15.3. The van der Waals surface area contributed by atoms with Crippen LogP contribution >= 0.6 is 11.6 Å². The molecule has 35 heavy (non-hydrogen) atoms. The van der Waals surface area contributed by atoms with Gasteiger partial charge in [-0.3, -0.25) is 18.5 Å². The molecule has 1 aliphatic carbocycles. The van der Waals surface area contributed by atoms with Crippen LogP contribution in [-0.2, 0) is 22.4 Å². The summed E-state index contributed by atoms with van der Waals surface area (Å²) in [6.45, 7) is 0.752. The first-order valence-electron chi connectivity index (χ1n) is 11.0. The van der Waals surface area contributed by atoms with Gasteiger partial charge in [-0.05, 0) is 48.0 Å². The molecule has 2 heterocycles. The number of carbonyl (C=O) groups excluding carboxylic acids is 1. The minimum absolute atomic E-state index is 0.122. The number of benzene rings is 2. The minimum Gasteiger partial charge on any atom is -0.770 e. The molecule has 5 rings (SSSR count).